The Morgan fingerprint density at radius 1 is 0.618 bits per heavy atom. The molecule has 4 unspecified atom stereocenters. The molecule has 0 amide bonds. The Kier molecular flexibility index (Phi) is 10.3. The zero-order chi connectivity index (χ0) is 23.9. The molecule has 0 aromatic heterocycles. The molecule has 4 fully saturated rings. The fourth-order valence-corrected chi connectivity index (χ4v) is 7.41. The van der Waals surface area contributed by atoms with Gasteiger partial charge in [-0.25, -0.2) is 8.78 Å². The number of ether oxygens (including phenoxy) is 2. The van der Waals surface area contributed by atoms with Crippen molar-refractivity contribution in [2.24, 2.45) is 35.5 Å². The van der Waals surface area contributed by atoms with Crippen LogP contribution in [0.5, 0.6) is 0 Å². The lowest BCUT2D eigenvalue weighted by atomic mass is 9.69. The minimum Gasteiger partial charge on any atom is -0.375 e. The molecule has 4 atom stereocenters. The molecular formula is C30H50F2O2. The predicted octanol–water partition coefficient (Wildman–Crippen LogP) is 8.24. The van der Waals surface area contributed by atoms with Crippen LogP contribution in [0.2, 0.25) is 0 Å². The first-order chi connectivity index (χ1) is 16.6. The fraction of sp³-hybridized carbons (Fsp3) is 0.933. The first-order valence-electron chi connectivity index (χ1n) is 14.7. The van der Waals surface area contributed by atoms with Gasteiger partial charge in [0.2, 0.25) is 0 Å². The van der Waals surface area contributed by atoms with Gasteiger partial charge < -0.3 is 9.47 Å². The van der Waals surface area contributed by atoms with Gasteiger partial charge in [0.15, 0.2) is 12.3 Å². The summed E-state index contributed by atoms with van der Waals surface area (Å²) in [5, 5.41) is 0. The van der Waals surface area contributed by atoms with Crippen LogP contribution >= 0.6 is 0 Å². The smallest absolute Gasteiger partial charge is 0.160 e. The number of halogens is 2. The summed E-state index contributed by atoms with van der Waals surface area (Å²) in [5.41, 5.74) is 0. The van der Waals surface area contributed by atoms with Crippen LogP contribution in [0.4, 0.5) is 8.78 Å². The van der Waals surface area contributed by atoms with Crippen LogP contribution in [0.1, 0.15) is 103 Å². The van der Waals surface area contributed by atoms with Crippen LogP contribution in [0.15, 0.2) is 12.7 Å². The molecule has 196 valence electrons. The van der Waals surface area contributed by atoms with E-state index in [4.69, 9.17) is 9.47 Å². The Labute approximate surface area is 207 Å². The summed E-state index contributed by atoms with van der Waals surface area (Å²) in [7, 11) is 0. The molecule has 0 heterocycles. The van der Waals surface area contributed by atoms with Crippen LogP contribution in [-0.4, -0.2) is 37.8 Å². The molecule has 34 heavy (non-hydrogen) atoms. The van der Waals surface area contributed by atoms with Gasteiger partial charge in [-0.05, 0) is 113 Å². The lowest BCUT2D eigenvalue weighted by Crippen LogP contribution is -2.47. The summed E-state index contributed by atoms with van der Waals surface area (Å²) >= 11 is 0. The highest BCUT2D eigenvalue weighted by molar-refractivity contribution is 4.91. The van der Waals surface area contributed by atoms with Crippen molar-refractivity contribution in [2.45, 2.75) is 128 Å². The Bertz CT molecular complexity index is 589. The Morgan fingerprint density at radius 3 is 1.47 bits per heavy atom. The average molecular weight is 481 g/mol. The zero-order valence-corrected chi connectivity index (χ0v) is 21.7. The van der Waals surface area contributed by atoms with Gasteiger partial charge in [-0.2, -0.15) is 0 Å². The largest absolute Gasteiger partial charge is 0.375 e. The molecule has 0 aromatic carbocycles. The lowest BCUT2D eigenvalue weighted by Gasteiger charge is -2.39. The minimum absolute atomic E-state index is 0.512. The molecule has 2 nitrogen and oxygen atoms in total. The minimum atomic E-state index is -1.55. The molecule has 0 aromatic rings. The van der Waals surface area contributed by atoms with E-state index >= 15 is 0 Å². The van der Waals surface area contributed by atoms with Gasteiger partial charge in [0.05, 0.1) is 12.2 Å². The van der Waals surface area contributed by atoms with Crippen LogP contribution in [0, 0.1) is 35.5 Å². The maximum Gasteiger partial charge on any atom is 0.160 e. The number of hydrogen-bond donors (Lipinski definition) is 0. The topological polar surface area (TPSA) is 18.5 Å². The van der Waals surface area contributed by atoms with Crippen LogP contribution in [0.25, 0.3) is 0 Å². The second-order valence-electron chi connectivity index (χ2n) is 12.2. The van der Waals surface area contributed by atoms with Crippen molar-refractivity contribution in [1.29, 1.82) is 0 Å². The van der Waals surface area contributed by atoms with Gasteiger partial charge in [0, 0.05) is 13.2 Å². The summed E-state index contributed by atoms with van der Waals surface area (Å²) in [6.45, 7) is 7.42. The van der Waals surface area contributed by atoms with Crippen molar-refractivity contribution in [3.05, 3.63) is 12.7 Å². The SMILES string of the molecule is C=CC1CCC(C2CCC(COC3CCC(OCC4CCC(CC)CC4)C(F)C3F)CC2)CC1. The van der Waals surface area contributed by atoms with Gasteiger partial charge >= 0.3 is 0 Å². The van der Waals surface area contributed by atoms with E-state index in [0.717, 1.165) is 23.7 Å². The van der Waals surface area contributed by atoms with Gasteiger partial charge in [0.25, 0.3) is 0 Å². The summed E-state index contributed by atoms with van der Waals surface area (Å²) in [4.78, 5) is 0. The van der Waals surface area contributed by atoms with Crippen molar-refractivity contribution in [1.82, 2.24) is 0 Å². The quantitative estimate of drug-likeness (QED) is 0.309. The summed E-state index contributed by atoms with van der Waals surface area (Å²) in [5.74, 6) is 4.36. The molecule has 4 aliphatic carbocycles. The molecule has 4 saturated carbocycles. The first-order valence-corrected chi connectivity index (χ1v) is 14.7. The van der Waals surface area contributed by atoms with Crippen molar-refractivity contribution < 1.29 is 18.3 Å². The van der Waals surface area contributed by atoms with Gasteiger partial charge in [-0.15, -0.1) is 6.58 Å². The normalized spacial score (nSPS) is 44.0. The van der Waals surface area contributed by atoms with E-state index in [1.165, 1.54) is 83.5 Å². The van der Waals surface area contributed by atoms with Crippen molar-refractivity contribution >= 4 is 0 Å². The number of alkyl halides is 2. The van der Waals surface area contributed by atoms with E-state index < -0.39 is 24.6 Å². The van der Waals surface area contributed by atoms with Gasteiger partial charge in [-0.1, -0.05) is 32.3 Å². The highest BCUT2D eigenvalue weighted by atomic mass is 19.2. The third kappa shape index (κ3) is 7.05. The van der Waals surface area contributed by atoms with Crippen LogP contribution < -0.4 is 0 Å². The number of allylic oxidation sites excluding steroid dienone is 1. The van der Waals surface area contributed by atoms with Crippen LogP contribution in [0.3, 0.4) is 0 Å². The average Bonchev–Trinajstić information content (AvgIpc) is 2.89. The van der Waals surface area contributed by atoms with E-state index in [-0.39, 0.29) is 0 Å². The van der Waals surface area contributed by atoms with E-state index in [1.54, 1.807) is 0 Å². The monoisotopic (exact) mass is 480 g/mol. The van der Waals surface area contributed by atoms with E-state index in [9.17, 15) is 8.78 Å². The predicted molar refractivity (Wildman–Crippen MR) is 135 cm³/mol. The molecule has 0 bridgehead atoms. The molecule has 4 heteroatoms. The van der Waals surface area contributed by atoms with Crippen molar-refractivity contribution in [3.8, 4) is 0 Å². The molecule has 4 aliphatic rings. The first kappa shape index (κ1) is 26.6. The maximum absolute atomic E-state index is 14.9. The molecule has 0 spiro atoms. The highest BCUT2D eigenvalue weighted by Crippen LogP contribution is 2.42. The molecule has 0 radical (unpaired) electrons. The molecule has 0 saturated heterocycles. The number of rotatable bonds is 9. The van der Waals surface area contributed by atoms with E-state index in [2.05, 4.69) is 19.6 Å². The summed E-state index contributed by atoms with van der Waals surface area (Å²) < 4.78 is 41.7. The van der Waals surface area contributed by atoms with E-state index in [0.29, 0.717) is 37.9 Å². The van der Waals surface area contributed by atoms with Crippen LogP contribution in [-0.2, 0) is 9.47 Å². The van der Waals surface area contributed by atoms with Crippen molar-refractivity contribution in [3.63, 3.8) is 0 Å². The second-order valence-corrected chi connectivity index (χ2v) is 12.2. The Morgan fingerprint density at radius 2 is 1.03 bits per heavy atom. The Hall–Kier alpha value is -0.480. The lowest BCUT2D eigenvalue weighted by molar-refractivity contribution is -0.129. The highest BCUT2D eigenvalue weighted by Gasteiger charge is 2.42. The van der Waals surface area contributed by atoms with Crippen molar-refractivity contribution in [2.75, 3.05) is 13.2 Å². The number of hydrogen-bond acceptors (Lipinski definition) is 2. The molecular weight excluding hydrogens is 430 g/mol. The molecule has 0 N–H and O–H groups in total. The standard InChI is InChI=1S/C30H50F2O2/c1-3-21-5-7-23(8-6-21)19-33-27-17-18-28(30(32)29(27)31)34-20-24-11-15-26(16-12-24)25-13-9-22(4-2)10-14-25/h4,21-30H,2-3,5-20H2,1H3. The second kappa shape index (κ2) is 13.2. The maximum atomic E-state index is 14.9. The third-order valence-corrected chi connectivity index (χ3v) is 10.1. The fourth-order valence-electron chi connectivity index (χ4n) is 7.41. The summed E-state index contributed by atoms with van der Waals surface area (Å²) in [6.07, 6.45) is 15.4. The molecule has 0 aliphatic heterocycles. The molecule has 4 rings (SSSR count). The van der Waals surface area contributed by atoms with E-state index in [1.807, 2.05) is 0 Å². The van der Waals surface area contributed by atoms with Gasteiger partial charge in [0.1, 0.15) is 0 Å². The third-order valence-electron chi connectivity index (χ3n) is 10.1. The summed E-state index contributed by atoms with van der Waals surface area (Å²) in [6, 6.07) is 0. The van der Waals surface area contributed by atoms with Gasteiger partial charge in [-0.3, -0.25) is 0 Å². The Balaban J connectivity index is 1.11. The zero-order valence-electron chi connectivity index (χ0n) is 21.7.